The molecule has 1 fully saturated rings. The fourth-order valence-electron chi connectivity index (χ4n) is 3.86. The van der Waals surface area contributed by atoms with Crippen molar-refractivity contribution in [3.63, 3.8) is 0 Å². The summed E-state index contributed by atoms with van der Waals surface area (Å²) in [5.41, 5.74) is 4.26. The molecule has 0 saturated carbocycles. The number of amides is 3. The Kier molecular flexibility index (Phi) is 5.07. The van der Waals surface area contributed by atoms with E-state index >= 15 is 0 Å². The second kappa shape index (κ2) is 7.70. The third kappa shape index (κ3) is 3.56. The number of carbonyl (C=O) groups excluding carboxylic acids is 3. The van der Waals surface area contributed by atoms with E-state index in [2.05, 4.69) is 22.6 Å². The lowest BCUT2D eigenvalue weighted by Gasteiger charge is -2.20. The molecule has 2 aromatic rings. The smallest absolute Gasteiger partial charge is 0.263 e. The maximum Gasteiger partial charge on any atom is 0.263 e. The van der Waals surface area contributed by atoms with Crippen molar-refractivity contribution in [3.05, 3.63) is 59.2 Å². The lowest BCUT2D eigenvalue weighted by atomic mass is 10.1. The van der Waals surface area contributed by atoms with Crippen LogP contribution in [0.15, 0.2) is 52.8 Å². The molecular formula is C22H23N5O3. The topological polar surface area (TPSA) is 94.4 Å². The molecule has 4 rings (SSSR count). The Labute approximate surface area is 174 Å². The van der Waals surface area contributed by atoms with Crippen molar-refractivity contribution >= 4 is 29.1 Å². The number of benzene rings is 2. The van der Waals surface area contributed by atoms with Gasteiger partial charge in [0.2, 0.25) is 5.91 Å². The zero-order chi connectivity index (χ0) is 21.4. The van der Waals surface area contributed by atoms with Gasteiger partial charge in [0.25, 0.3) is 11.8 Å². The highest BCUT2D eigenvalue weighted by Crippen LogP contribution is 2.32. The van der Waals surface area contributed by atoms with Gasteiger partial charge < -0.3 is 5.32 Å². The SMILES string of the molecule is CCc1ccc(NC(=O)CN2N=N[C@H]3C(=O)N(c4cc(C)cc(C)c4)C(=O)[C@@H]32)cc1. The summed E-state index contributed by atoms with van der Waals surface area (Å²) >= 11 is 0. The van der Waals surface area contributed by atoms with E-state index in [0.29, 0.717) is 11.4 Å². The molecule has 2 aromatic carbocycles. The van der Waals surface area contributed by atoms with Crippen LogP contribution < -0.4 is 10.2 Å². The fourth-order valence-corrected chi connectivity index (χ4v) is 3.86. The van der Waals surface area contributed by atoms with Crippen LogP contribution in [0.4, 0.5) is 11.4 Å². The number of anilines is 2. The van der Waals surface area contributed by atoms with Crippen molar-refractivity contribution < 1.29 is 14.4 Å². The monoisotopic (exact) mass is 405 g/mol. The first kappa shape index (κ1) is 19.8. The Balaban J connectivity index is 1.48. The van der Waals surface area contributed by atoms with E-state index in [4.69, 9.17) is 0 Å². The van der Waals surface area contributed by atoms with Gasteiger partial charge in [-0.3, -0.25) is 19.4 Å². The van der Waals surface area contributed by atoms with Crippen LogP contribution in [0.3, 0.4) is 0 Å². The number of hydrogen-bond acceptors (Lipinski definition) is 6. The van der Waals surface area contributed by atoms with Gasteiger partial charge in [-0.1, -0.05) is 30.3 Å². The first-order valence-electron chi connectivity index (χ1n) is 9.89. The number of fused-ring (bicyclic) bond motifs is 1. The number of rotatable bonds is 5. The molecule has 2 aliphatic heterocycles. The maximum absolute atomic E-state index is 13.1. The van der Waals surface area contributed by atoms with Crippen molar-refractivity contribution in [2.24, 2.45) is 10.3 Å². The molecule has 0 unspecified atom stereocenters. The molecule has 2 aliphatic rings. The van der Waals surface area contributed by atoms with Crippen molar-refractivity contribution in [2.45, 2.75) is 39.3 Å². The quantitative estimate of drug-likeness (QED) is 0.774. The number of imide groups is 1. The van der Waals surface area contributed by atoms with E-state index in [-0.39, 0.29) is 12.5 Å². The summed E-state index contributed by atoms with van der Waals surface area (Å²) < 4.78 is 0. The van der Waals surface area contributed by atoms with Gasteiger partial charge >= 0.3 is 0 Å². The van der Waals surface area contributed by atoms with E-state index in [0.717, 1.165) is 22.4 Å². The lowest BCUT2D eigenvalue weighted by Crippen LogP contribution is -2.43. The molecule has 0 radical (unpaired) electrons. The summed E-state index contributed by atoms with van der Waals surface area (Å²) in [5, 5.41) is 12.0. The molecule has 8 heteroatoms. The van der Waals surface area contributed by atoms with Gasteiger partial charge in [0.1, 0.15) is 6.54 Å². The first-order valence-corrected chi connectivity index (χ1v) is 9.89. The van der Waals surface area contributed by atoms with Crippen molar-refractivity contribution in [3.8, 4) is 0 Å². The highest BCUT2D eigenvalue weighted by atomic mass is 16.2. The van der Waals surface area contributed by atoms with Crippen molar-refractivity contribution in [1.29, 1.82) is 0 Å². The van der Waals surface area contributed by atoms with Gasteiger partial charge in [-0.25, -0.2) is 4.90 Å². The van der Waals surface area contributed by atoms with E-state index in [1.54, 1.807) is 12.1 Å². The van der Waals surface area contributed by atoms with Gasteiger partial charge in [0.15, 0.2) is 12.1 Å². The second-order valence-corrected chi connectivity index (χ2v) is 7.65. The summed E-state index contributed by atoms with van der Waals surface area (Å²) in [4.78, 5) is 39.5. The first-order chi connectivity index (χ1) is 14.4. The van der Waals surface area contributed by atoms with Gasteiger partial charge in [0, 0.05) is 5.69 Å². The molecule has 2 heterocycles. The molecule has 1 saturated heterocycles. The van der Waals surface area contributed by atoms with Crippen LogP contribution in [0.2, 0.25) is 0 Å². The second-order valence-electron chi connectivity index (χ2n) is 7.65. The molecule has 2 atom stereocenters. The number of nitrogens with zero attached hydrogens (tertiary/aromatic N) is 4. The van der Waals surface area contributed by atoms with Crippen LogP contribution in [0, 0.1) is 13.8 Å². The Morgan fingerprint density at radius 3 is 2.33 bits per heavy atom. The van der Waals surface area contributed by atoms with Gasteiger partial charge in [-0.05, 0) is 61.2 Å². The summed E-state index contributed by atoms with van der Waals surface area (Å²) in [6.45, 7) is 5.71. The minimum Gasteiger partial charge on any atom is -0.324 e. The third-order valence-corrected chi connectivity index (χ3v) is 5.27. The van der Waals surface area contributed by atoms with Crippen LogP contribution in [-0.2, 0) is 20.8 Å². The highest BCUT2D eigenvalue weighted by Gasteiger charge is 2.55. The third-order valence-electron chi connectivity index (χ3n) is 5.27. The van der Waals surface area contributed by atoms with E-state index < -0.39 is 23.9 Å². The van der Waals surface area contributed by atoms with Crippen LogP contribution in [0.1, 0.15) is 23.6 Å². The normalized spacial score (nSPS) is 20.1. The minimum absolute atomic E-state index is 0.167. The largest absolute Gasteiger partial charge is 0.324 e. The molecule has 30 heavy (non-hydrogen) atoms. The fraction of sp³-hybridized carbons (Fsp3) is 0.318. The molecule has 154 valence electrons. The molecule has 0 aromatic heterocycles. The van der Waals surface area contributed by atoms with E-state index in [1.165, 1.54) is 10.6 Å². The van der Waals surface area contributed by atoms with Crippen LogP contribution in [0.5, 0.6) is 0 Å². The molecule has 3 amide bonds. The lowest BCUT2D eigenvalue weighted by molar-refractivity contribution is -0.123. The molecule has 0 spiro atoms. The molecular weight excluding hydrogens is 382 g/mol. The average molecular weight is 405 g/mol. The highest BCUT2D eigenvalue weighted by molar-refractivity contribution is 6.25. The Morgan fingerprint density at radius 1 is 1.03 bits per heavy atom. The van der Waals surface area contributed by atoms with Crippen LogP contribution in [-0.4, -0.2) is 41.4 Å². The Hall–Kier alpha value is -3.55. The summed E-state index contributed by atoms with van der Waals surface area (Å²) in [6, 6.07) is 11.3. The number of nitrogens with one attached hydrogen (secondary N) is 1. The zero-order valence-corrected chi connectivity index (χ0v) is 17.1. The van der Waals surface area contributed by atoms with Crippen molar-refractivity contribution in [2.75, 3.05) is 16.8 Å². The van der Waals surface area contributed by atoms with Crippen molar-refractivity contribution in [1.82, 2.24) is 5.01 Å². The number of carbonyl (C=O) groups is 3. The predicted molar refractivity (Wildman–Crippen MR) is 112 cm³/mol. The minimum atomic E-state index is -0.921. The van der Waals surface area contributed by atoms with Gasteiger partial charge in [0.05, 0.1) is 5.69 Å². The average Bonchev–Trinajstić information content (AvgIpc) is 3.21. The van der Waals surface area contributed by atoms with Crippen LogP contribution in [0.25, 0.3) is 0 Å². The molecule has 0 aliphatic carbocycles. The summed E-state index contributed by atoms with van der Waals surface area (Å²) in [5.74, 6) is -1.17. The molecule has 0 bridgehead atoms. The summed E-state index contributed by atoms with van der Waals surface area (Å²) in [6.07, 6.45) is 0.915. The summed E-state index contributed by atoms with van der Waals surface area (Å²) in [7, 11) is 0. The van der Waals surface area contributed by atoms with Crippen LogP contribution >= 0.6 is 0 Å². The van der Waals surface area contributed by atoms with E-state index in [1.807, 2.05) is 44.2 Å². The molecule has 1 N–H and O–H groups in total. The predicted octanol–water partition coefficient (Wildman–Crippen LogP) is 2.80. The number of aryl methyl sites for hydroxylation is 3. The Morgan fingerprint density at radius 2 is 1.70 bits per heavy atom. The number of hydrogen-bond donors (Lipinski definition) is 1. The van der Waals surface area contributed by atoms with Gasteiger partial charge in [-0.2, -0.15) is 5.11 Å². The van der Waals surface area contributed by atoms with Gasteiger partial charge in [-0.15, -0.1) is 0 Å². The Bertz CT molecular complexity index is 1030. The zero-order valence-electron chi connectivity index (χ0n) is 17.1. The standard InChI is InChI=1S/C22H23N5O3/c1-4-15-5-7-16(8-6-15)23-18(28)12-26-20-19(24-25-26)21(29)27(22(20)30)17-10-13(2)9-14(3)11-17/h5-11,19-20H,4,12H2,1-3H3,(H,23,28)/t19-,20-/m1/s1. The maximum atomic E-state index is 13.1. The van der Waals surface area contributed by atoms with E-state index in [9.17, 15) is 14.4 Å². The molecule has 8 nitrogen and oxygen atoms in total.